The van der Waals surface area contributed by atoms with Crippen LogP contribution >= 0.6 is 15.9 Å². The van der Waals surface area contributed by atoms with Crippen LogP contribution in [0.1, 0.15) is 38.7 Å². The first-order valence-corrected chi connectivity index (χ1v) is 10.1. The third-order valence-electron chi connectivity index (χ3n) is 4.42. The SMILES string of the molecule is CCNC(=NCCCc1ccc(Br)cc1F)NC1CCN(C(=O)CC)C1. The lowest BCUT2D eigenvalue weighted by Crippen LogP contribution is -2.45. The van der Waals surface area contributed by atoms with E-state index in [9.17, 15) is 9.18 Å². The van der Waals surface area contributed by atoms with E-state index < -0.39 is 0 Å². The second-order valence-electron chi connectivity index (χ2n) is 6.42. The zero-order valence-corrected chi connectivity index (χ0v) is 17.1. The molecular formula is C19H28BrFN4O. The molecule has 0 bridgehead atoms. The van der Waals surface area contributed by atoms with Crippen LogP contribution in [0.4, 0.5) is 4.39 Å². The lowest BCUT2D eigenvalue weighted by molar-refractivity contribution is -0.129. The summed E-state index contributed by atoms with van der Waals surface area (Å²) in [5.41, 5.74) is 0.714. The second kappa shape index (κ2) is 10.5. The minimum atomic E-state index is -0.181. The third kappa shape index (κ3) is 6.27. The lowest BCUT2D eigenvalue weighted by Gasteiger charge is -2.18. The fourth-order valence-corrected chi connectivity index (χ4v) is 3.36. The van der Waals surface area contributed by atoms with Gasteiger partial charge in [0.25, 0.3) is 0 Å². The van der Waals surface area contributed by atoms with Gasteiger partial charge in [-0.25, -0.2) is 4.39 Å². The Labute approximate surface area is 163 Å². The van der Waals surface area contributed by atoms with Gasteiger partial charge < -0.3 is 15.5 Å². The Kier molecular flexibility index (Phi) is 8.35. The van der Waals surface area contributed by atoms with Gasteiger partial charge in [-0.1, -0.05) is 28.9 Å². The van der Waals surface area contributed by atoms with Gasteiger partial charge in [0.1, 0.15) is 5.82 Å². The molecule has 0 aromatic heterocycles. The van der Waals surface area contributed by atoms with E-state index >= 15 is 0 Å². The molecule has 0 radical (unpaired) electrons. The Morgan fingerprint density at radius 3 is 2.92 bits per heavy atom. The number of aryl methyl sites for hydroxylation is 1. The van der Waals surface area contributed by atoms with Crippen LogP contribution in [-0.4, -0.2) is 49.0 Å². The van der Waals surface area contributed by atoms with E-state index in [0.717, 1.165) is 42.9 Å². The normalized spacial score (nSPS) is 17.5. The van der Waals surface area contributed by atoms with Crippen LogP contribution < -0.4 is 10.6 Å². The van der Waals surface area contributed by atoms with E-state index in [1.165, 1.54) is 6.07 Å². The monoisotopic (exact) mass is 426 g/mol. The van der Waals surface area contributed by atoms with E-state index in [1.54, 1.807) is 0 Å². The number of carbonyl (C=O) groups is 1. The standard InChI is InChI=1S/C19H28BrFN4O/c1-3-18(26)25-11-9-16(13-25)24-19(22-4-2)23-10-5-6-14-7-8-15(20)12-17(14)21/h7-8,12,16H,3-6,9-11,13H2,1-2H3,(H2,22,23,24). The summed E-state index contributed by atoms with van der Waals surface area (Å²) in [5, 5.41) is 6.65. The largest absolute Gasteiger partial charge is 0.357 e. The van der Waals surface area contributed by atoms with Gasteiger partial charge in [0.15, 0.2) is 5.96 Å². The average Bonchev–Trinajstić information content (AvgIpc) is 3.08. The van der Waals surface area contributed by atoms with Crippen LogP contribution in [0.5, 0.6) is 0 Å². The van der Waals surface area contributed by atoms with Crippen molar-refractivity contribution in [3.8, 4) is 0 Å². The van der Waals surface area contributed by atoms with Gasteiger partial charge in [0.2, 0.25) is 5.91 Å². The topological polar surface area (TPSA) is 56.7 Å². The maximum atomic E-state index is 13.8. The summed E-state index contributed by atoms with van der Waals surface area (Å²) in [4.78, 5) is 18.3. The first-order valence-electron chi connectivity index (χ1n) is 9.30. The molecular weight excluding hydrogens is 399 g/mol. The van der Waals surface area contributed by atoms with Gasteiger partial charge in [-0.3, -0.25) is 9.79 Å². The zero-order valence-electron chi connectivity index (χ0n) is 15.5. The van der Waals surface area contributed by atoms with Crippen molar-refractivity contribution < 1.29 is 9.18 Å². The number of nitrogens with one attached hydrogen (secondary N) is 2. The smallest absolute Gasteiger partial charge is 0.222 e. The van der Waals surface area contributed by atoms with Gasteiger partial charge in [-0.15, -0.1) is 0 Å². The molecule has 1 unspecified atom stereocenters. The molecule has 2 N–H and O–H groups in total. The molecule has 1 saturated heterocycles. The van der Waals surface area contributed by atoms with Gasteiger partial charge in [-0.05, 0) is 43.9 Å². The molecule has 1 aliphatic heterocycles. The molecule has 1 aromatic rings. The number of aliphatic imine (C=N–C) groups is 1. The molecule has 1 aromatic carbocycles. The summed E-state index contributed by atoms with van der Waals surface area (Å²) >= 11 is 3.27. The van der Waals surface area contributed by atoms with Crippen molar-refractivity contribution in [3.63, 3.8) is 0 Å². The third-order valence-corrected chi connectivity index (χ3v) is 4.91. The summed E-state index contributed by atoms with van der Waals surface area (Å²) in [6.45, 7) is 6.83. The highest BCUT2D eigenvalue weighted by Crippen LogP contribution is 2.16. The minimum Gasteiger partial charge on any atom is -0.357 e. The number of amides is 1. The number of rotatable bonds is 7. The summed E-state index contributed by atoms with van der Waals surface area (Å²) in [5.74, 6) is 0.785. The van der Waals surface area contributed by atoms with Crippen molar-refractivity contribution in [1.82, 2.24) is 15.5 Å². The summed E-state index contributed by atoms with van der Waals surface area (Å²) < 4.78 is 14.6. The van der Waals surface area contributed by atoms with E-state index in [4.69, 9.17) is 0 Å². The summed E-state index contributed by atoms with van der Waals surface area (Å²) in [6, 6.07) is 5.39. The van der Waals surface area contributed by atoms with Crippen LogP contribution in [0, 0.1) is 5.82 Å². The lowest BCUT2D eigenvalue weighted by atomic mass is 10.1. The number of benzene rings is 1. The Hall–Kier alpha value is -1.63. The molecule has 0 spiro atoms. The van der Waals surface area contributed by atoms with Crippen molar-refractivity contribution >= 4 is 27.8 Å². The number of hydrogen-bond donors (Lipinski definition) is 2. The van der Waals surface area contributed by atoms with Gasteiger partial charge >= 0.3 is 0 Å². The molecule has 1 amide bonds. The first kappa shape index (κ1) is 20.7. The molecule has 5 nitrogen and oxygen atoms in total. The maximum absolute atomic E-state index is 13.8. The first-order chi connectivity index (χ1) is 12.5. The summed E-state index contributed by atoms with van der Waals surface area (Å²) in [6.07, 6.45) is 2.91. The molecule has 1 heterocycles. The van der Waals surface area contributed by atoms with Gasteiger partial charge in [-0.2, -0.15) is 0 Å². The van der Waals surface area contributed by atoms with Crippen LogP contribution in [0.2, 0.25) is 0 Å². The van der Waals surface area contributed by atoms with Crippen LogP contribution in [0.15, 0.2) is 27.7 Å². The molecule has 7 heteroatoms. The molecule has 1 atom stereocenters. The molecule has 1 fully saturated rings. The van der Waals surface area contributed by atoms with Gasteiger partial charge in [0.05, 0.1) is 0 Å². The number of guanidine groups is 1. The Morgan fingerprint density at radius 2 is 2.23 bits per heavy atom. The molecule has 1 aliphatic rings. The van der Waals surface area contributed by atoms with E-state index in [-0.39, 0.29) is 17.8 Å². The Morgan fingerprint density at radius 1 is 1.42 bits per heavy atom. The number of hydrogen-bond acceptors (Lipinski definition) is 2. The maximum Gasteiger partial charge on any atom is 0.222 e. The fraction of sp³-hybridized carbons (Fsp3) is 0.579. The minimum absolute atomic E-state index is 0.181. The second-order valence-corrected chi connectivity index (χ2v) is 7.34. The predicted octanol–water partition coefficient (Wildman–Crippen LogP) is 3.09. The summed E-state index contributed by atoms with van der Waals surface area (Å²) in [7, 11) is 0. The zero-order chi connectivity index (χ0) is 18.9. The molecule has 144 valence electrons. The molecule has 2 rings (SSSR count). The van der Waals surface area contributed by atoms with Crippen molar-refractivity contribution in [3.05, 3.63) is 34.1 Å². The number of nitrogens with zero attached hydrogens (tertiary/aromatic N) is 2. The highest BCUT2D eigenvalue weighted by Gasteiger charge is 2.25. The van der Waals surface area contributed by atoms with E-state index in [1.807, 2.05) is 30.9 Å². The van der Waals surface area contributed by atoms with E-state index in [0.29, 0.717) is 24.9 Å². The van der Waals surface area contributed by atoms with Crippen molar-refractivity contribution in [2.24, 2.45) is 4.99 Å². The van der Waals surface area contributed by atoms with Crippen molar-refractivity contribution in [2.45, 2.75) is 45.6 Å². The van der Waals surface area contributed by atoms with Crippen LogP contribution in [0.3, 0.4) is 0 Å². The molecule has 26 heavy (non-hydrogen) atoms. The fourth-order valence-electron chi connectivity index (χ4n) is 3.03. The van der Waals surface area contributed by atoms with Crippen molar-refractivity contribution in [2.75, 3.05) is 26.2 Å². The van der Waals surface area contributed by atoms with E-state index in [2.05, 4.69) is 31.6 Å². The van der Waals surface area contributed by atoms with Gasteiger partial charge in [0, 0.05) is 43.1 Å². The Balaban J connectivity index is 1.82. The average molecular weight is 427 g/mol. The van der Waals surface area contributed by atoms with Crippen LogP contribution in [0.25, 0.3) is 0 Å². The number of halogens is 2. The van der Waals surface area contributed by atoms with Crippen LogP contribution in [-0.2, 0) is 11.2 Å². The highest BCUT2D eigenvalue weighted by atomic mass is 79.9. The van der Waals surface area contributed by atoms with Crippen molar-refractivity contribution in [1.29, 1.82) is 0 Å². The Bertz CT molecular complexity index is 638. The quantitative estimate of drug-likeness (QED) is 0.400. The molecule has 0 aliphatic carbocycles. The molecule has 0 saturated carbocycles. The number of carbonyl (C=O) groups excluding carboxylic acids is 1. The highest BCUT2D eigenvalue weighted by molar-refractivity contribution is 9.10. The predicted molar refractivity (Wildman–Crippen MR) is 107 cm³/mol. The number of likely N-dealkylation sites (tertiary alicyclic amines) is 1.